The number of aliphatic imine (C=N–C) groups is 1. The van der Waals surface area contributed by atoms with Crippen molar-refractivity contribution in [1.29, 1.82) is 0 Å². The van der Waals surface area contributed by atoms with Gasteiger partial charge >= 0.3 is 5.97 Å². The average molecular weight is 512 g/mol. The van der Waals surface area contributed by atoms with Gasteiger partial charge in [-0.25, -0.2) is 0 Å². The van der Waals surface area contributed by atoms with Gasteiger partial charge in [0.05, 0.1) is 31.3 Å². The van der Waals surface area contributed by atoms with E-state index in [1.165, 1.54) is 5.56 Å². The van der Waals surface area contributed by atoms with Crippen molar-refractivity contribution in [1.82, 2.24) is 4.90 Å². The van der Waals surface area contributed by atoms with Crippen molar-refractivity contribution in [2.75, 3.05) is 31.1 Å². The molecule has 3 aromatic rings. The fraction of sp³-hybridized carbons (Fsp3) is 0.323. The molecule has 1 N–H and O–H groups in total. The summed E-state index contributed by atoms with van der Waals surface area (Å²) in [7, 11) is 0. The second kappa shape index (κ2) is 11.9. The summed E-state index contributed by atoms with van der Waals surface area (Å²) in [5, 5.41) is 9.28. The van der Waals surface area contributed by atoms with Crippen molar-refractivity contribution in [2.45, 2.75) is 31.7 Å². The van der Waals surface area contributed by atoms with Crippen LogP contribution in [0.15, 0.2) is 83.9 Å². The molecule has 2 aliphatic heterocycles. The number of carbonyl (C=O) groups is 2. The Morgan fingerprint density at radius 3 is 2.34 bits per heavy atom. The molecular formula is C31H33N3O4. The molecule has 1 fully saturated rings. The summed E-state index contributed by atoms with van der Waals surface area (Å²) in [5.41, 5.74) is 4.59. The third-order valence-electron chi connectivity index (χ3n) is 7.28. The van der Waals surface area contributed by atoms with E-state index >= 15 is 0 Å². The van der Waals surface area contributed by atoms with Crippen molar-refractivity contribution in [3.63, 3.8) is 0 Å². The van der Waals surface area contributed by atoms with E-state index in [-0.39, 0.29) is 18.4 Å². The maximum atomic E-state index is 13.0. The number of ether oxygens (including phenoxy) is 1. The smallest absolute Gasteiger partial charge is 0.304 e. The van der Waals surface area contributed by atoms with E-state index in [0.29, 0.717) is 19.6 Å². The molecule has 0 unspecified atom stereocenters. The highest BCUT2D eigenvalue weighted by Crippen LogP contribution is 2.30. The minimum absolute atomic E-state index is 0.0759. The maximum absolute atomic E-state index is 13.0. The number of amides is 1. The van der Waals surface area contributed by atoms with Gasteiger partial charge in [0.1, 0.15) is 12.4 Å². The zero-order valence-electron chi connectivity index (χ0n) is 21.4. The van der Waals surface area contributed by atoms with E-state index in [1.807, 2.05) is 53.7 Å². The van der Waals surface area contributed by atoms with Crippen LogP contribution in [-0.2, 0) is 16.0 Å². The van der Waals surface area contributed by atoms with Gasteiger partial charge in [0.25, 0.3) is 0 Å². The van der Waals surface area contributed by atoms with Crippen molar-refractivity contribution in [3.05, 3.63) is 84.4 Å². The molecule has 0 aliphatic carbocycles. The van der Waals surface area contributed by atoms with Crippen LogP contribution in [0.5, 0.6) is 5.75 Å². The van der Waals surface area contributed by atoms with Crippen LogP contribution in [0.25, 0.3) is 11.1 Å². The number of hydrogen-bond acceptors (Lipinski definition) is 5. The molecule has 7 nitrogen and oxygen atoms in total. The summed E-state index contributed by atoms with van der Waals surface area (Å²) in [6, 6.07) is 26.4. The van der Waals surface area contributed by atoms with Gasteiger partial charge < -0.3 is 19.6 Å². The Balaban J connectivity index is 1.19. The Morgan fingerprint density at radius 2 is 1.68 bits per heavy atom. The molecule has 38 heavy (non-hydrogen) atoms. The lowest BCUT2D eigenvalue weighted by atomic mass is 10.0. The van der Waals surface area contributed by atoms with Crippen molar-refractivity contribution in [3.8, 4) is 16.9 Å². The van der Waals surface area contributed by atoms with E-state index in [2.05, 4.69) is 46.3 Å². The minimum atomic E-state index is -0.939. The first kappa shape index (κ1) is 25.5. The molecule has 0 bridgehead atoms. The molecule has 2 heterocycles. The molecule has 5 rings (SSSR count). The van der Waals surface area contributed by atoms with Gasteiger partial charge in [-0.05, 0) is 60.2 Å². The monoisotopic (exact) mass is 511 g/mol. The van der Waals surface area contributed by atoms with Crippen LogP contribution < -0.4 is 9.64 Å². The van der Waals surface area contributed by atoms with E-state index in [0.717, 1.165) is 48.5 Å². The predicted octanol–water partition coefficient (Wildman–Crippen LogP) is 4.91. The zero-order chi connectivity index (χ0) is 26.3. The molecule has 0 saturated carbocycles. The van der Waals surface area contributed by atoms with Crippen LogP contribution in [0.1, 0.15) is 24.8 Å². The first-order valence-corrected chi connectivity index (χ1v) is 13.2. The highest BCUT2D eigenvalue weighted by Gasteiger charge is 2.40. The molecule has 0 radical (unpaired) electrons. The quantitative estimate of drug-likeness (QED) is 0.396. The molecule has 2 aliphatic rings. The largest absolute Gasteiger partial charge is 0.491 e. The van der Waals surface area contributed by atoms with Gasteiger partial charge in [-0.2, -0.15) is 0 Å². The second-order valence-corrected chi connectivity index (χ2v) is 9.90. The molecule has 196 valence electrons. The first-order chi connectivity index (χ1) is 18.6. The normalized spacial score (nSPS) is 18.8. The Bertz CT molecular complexity index is 1260. The van der Waals surface area contributed by atoms with Crippen LogP contribution in [-0.4, -0.2) is 60.5 Å². The van der Waals surface area contributed by atoms with E-state index in [1.54, 1.807) is 0 Å². The third-order valence-corrected chi connectivity index (χ3v) is 7.28. The number of carbonyl (C=O) groups excluding carboxylic acids is 1. The second-order valence-electron chi connectivity index (χ2n) is 9.90. The van der Waals surface area contributed by atoms with E-state index in [4.69, 9.17) is 4.74 Å². The standard InChI is InChI=1S/C31H33N3O4/c35-30(36)20-26-19-28(34(31(26)37)17-4-7-23-5-2-1-3-6-23)21-38-29-14-10-25(11-15-29)24-8-12-27(13-9-24)33-18-16-32-22-33/h1-3,5-6,8-15,22,26,28H,4,7,16-21H2,(H,35,36)/t26-,28-/m0/s1. The molecule has 1 amide bonds. The number of aliphatic carboxylic acids is 1. The number of nitrogens with zero attached hydrogens (tertiary/aromatic N) is 3. The van der Waals surface area contributed by atoms with Crippen LogP contribution >= 0.6 is 0 Å². The predicted molar refractivity (Wildman–Crippen MR) is 149 cm³/mol. The highest BCUT2D eigenvalue weighted by atomic mass is 16.5. The van der Waals surface area contributed by atoms with Gasteiger partial charge in [0.15, 0.2) is 0 Å². The topological polar surface area (TPSA) is 82.4 Å². The van der Waals surface area contributed by atoms with Crippen LogP contribution in [0.4, 0.5) is 5.69 Å². The number of carboxylic acid groups (broad SMARTS) is 1. The van der Waals surface area contributed by atoms with Gasteiger partial charge in [-0.1, -0.05) is 54.6 Å². The number of benzene rings is 3. The van der Waals surface area contributed by atoms with Crippen molar-refractivity contribution >= 4 is 23.9 Å². The lowest BCUT2D eigenvalue weighted by Crippen LogP contribution is -2.38. The van der Waals surface area contributed by atoms with Crippen LogP contribution in [0, 0.1) is 5.92 Å². The van der Waals surface area contributed by atoms with Gasteiger partial charge in [-0.3, -0.25) is 14.6 Å². The summed E-state index contributed by atoms with van der Waals surface area (Å²) in [4.78, 5) is 32.6. The van der Waals surface area contributed by atoms with Crippen molar-refractivity contribution in [2.24, 2.45) is 10.9 Å². The van der Waals surface area contributed by atoms with Crippen LogP contribution in [0.2, 0.25) is 0 Å². The Hall–Kier alpha value is -4.13. The first-order valence-electron chi connectivity index (χ1n) is 13.2. The highest BCUT2D eigenvalue weighted by molar-refractivity contribution is 5.85. The number of likely N-dealkylation sites (tertiary alicyclic amines) is 1. The van der Waals surface area contributed by atoms with Gasteiger partial charge in [0.2, 0.25) is 5.91 Å². The average Bonchev–Trinajstić information content (AvgIpc) is 3.58. The molecule has 1 saturated heterocycles. The molecule has 0 aromatic heterocycles. The summed E-state index contributed by atoms with van der Waals surface area (Å²) in [6.45, 7) is 2.69. The Labute approximate surface area is 223 Å². The number of aryl methyl sites for hydroxylation is 1. The lowest BCUT2D eigenvalue weighted by molar-refractivity contribution is -0.142. The van der Waals surface area contributed by atoms with E-state index < -0.39 is 11.9 Å². The molecular weight excluding hydrogens is 478 g/mol. The summed E-state index contributed by atoms with van der Waals surface area (Å²) in [5.74, 6) is -0.772. The fourth-order valence-corrected chi connectivity index (χ4v) is 5.26. The van der Waals surface area contributed by atoms with Crippen molar-refractivity contribution < 1.29 is 19.4 Å². The zero-order valence-corrected chi connectivity index (χ0v) is 21.4. The maximum Gasteiger partial charge on any atom is 0.304 e. The van der Waals surface area contributed by atoms with E-state index in [9.17, 15) is 14.7 Å². The third kappa shape index (κ3) is 6.22. The summed E-state index contributed by atoms with van der Waals surface area (Å²) >= 11 is 0. The number of rotatable bonds is 11. The lowest BCUT2D eigenvalue weighted by Gasteiger charge is -2.25. The number of carboxylic acids is 1. The summed E-state index contributed by atoms with van der Waals surface area (Å²) < 4.78 is 6.10. The fourth-order valence-electron chi connectivity index (χ4n) is 5.26. The number of hydrogen-bond donors (Lipinski definition) is 1. The summed E-state index contributed by atoms with van der Waals surface area (Å²) in [6.07, 6.45) is 3.94. The SMILES string of the molecule is O=C(O)C[C@@H]1C[C@@H](COc2ccc(-c3ccc(N4C=NCC4)cc3)cc2)N(CCCc2ccccc2)C1=O. The molecule has 0 spiro atoms. The Kier molecular flexibility index (Phi) is 8.02. The van der Waals surface area contributed by atoms with Gasteiger partial charge in [-0.15, -0.1) is 0 Å². The van der Waals surface area contributed by atoms with Gasteiger partial charge in [0, 0.05) is 18.8 Å². The number of anilines is 1. The molecule has 2 atom stereocenters. The minimum Gasteiger partial charge on any atom is -0.491 e. The Morgan fingerprint density at radius 1 is 0.974 bits per heavy atom. The molecule has 7 heteroatoms. The van der Waals surface area contributed by atoms with Crippen LogP contribution in [0.3, 0.4) is 0 Å². The molecule has 3 aromatic carbocycles.